The van der Waals surface area contributed by atoms with E-state index < -0.39 is 17.3 Å². The van der Waals surface area contributed by atoms with Gasteiger partial charge in [-0.05, 0) is 81.5 Å². The topological polar surface area (TPSA) is 118 Å². The first-order chi connectivity index (χ1) is 21.6. The van der Waals surface area contributed by atoms with Gasteiger partial charge in [-0.3, -0.25) is 14.5 Å². The number of methoxy groups -OCH3 is 1. The van der Waals surface area contributed by atoms with E-state index >= 15 is 0 Å². The number of aliphatic carboxylic acids is 1. The van der Waals surface area contributed by atoms with Gasteiger partial charge in [0.1, 0.15) is 11.6 Å². The number of hydrogen-bond acceptors (Lipinski definition) is 8. The van der Waals surface area contributed by atoms with Crippen molar-refractivity contribution in [3.8, 4) is 11.6 Å². The minimum absolute atomic E-state index is 0.107. The van der Waals surface area contributed by atoms with Gasteiger partial charge in [0.25, 0.3) is 5.91 Å². The number of carboxylic acid groups (broad SMARTS) is 1. The normalized spacial score (nSPS) is 16.2. The Labute approximate surface area is 263 Å². The van der Waals surface area contributed by atoms with Crippen molar-refractivity contribution in [2.75, 3.05) is 36.6 Å². The van der Waals surface area contributed by atoms with Crippen molar-refractivity contribution in [2.45, 2.75) is 70.8 Å². The number of rotatable bonds is 13. The van der Waals surface area contributed by atoms with Crippen LogP contribution < -0.4 is 19.3 Å². The van der Waals surface area contributed by atoms with E-state index in [1.807, 2.05) is 32.9 Å². The van der Waals surface area contributed by atoms with Gasteiger partial charge in [0.15, 0.2) is 0 Å². The Kier molecular flexibility index (Phi) is 9.84. The summed E-state index contributed by atoms with van der Waals surface area (Å²) >= 11 is 0. The average Bonchev–Trinajstić information content (AvgIpc) is 3.89. The van der Waals surface area contributed by atoms with E-state index in [0.717, 1.165) is 37.6 Å². The summed E-state index contributed by atoms with van der Waals surface area (Å²) in [6.07, 6.45) is 8.45. The highest BCUT2D eigenvalue weighted by Gasteiger charge is 2.37. The Morgan fingerprint density at radius 3 is 2.44 bits per heavy atom. The fourth-order valence-electron chi connectivity index (χ4n) is 5.96. The van der Waals surface area contributed by atoms with Crippen LogP contribution in [0.25, 0.3) is 0 Å². The van der Waals surface area contributed by atoms with E-state index in [2.05, 4.69) is 19.9 Å². The summed E-state index contributed by atoms with van der Waals surface area (Å²) in [6.45, 7) is 7.86. The monoisotopic (exact) mass is 619 g/mol. The molecule has 1 saturated carbocycles. The molecule has 1 saturated heterocycles. The molecule has 1 amide bonds. The Balaban J connectivity index is 1.29. The van der Waals surface area contributed by atoms with Crippen LogP contribution in [0.5, 0.6) is 11.6 Å². The molecule has 2 aromatic heterocycles. The van der Waals surface area contributed by atoms with Gasteiger partial charge in [0, 0.05) is 49.1 Å². The zero-order valence-corrected chi connectivity index (χ0v) is 26.4. The molecule has 2 aliphatic rings. The molecule has 0 radical (unpaired) electrons. The van der Waals surface area contributed by atoms with Crippen molar-refractivity contribution in [2.24, 2.45) is 11.8 Å². The number of nitrogens with zero attached hydrogens (tertiary/aromatic N) is 5. The highest BCUT2D eigenvalue weighted by Crippen LogP contribution is 2.45. The minimum atomic E-state index is -0.937. The van der Waals surface area contributed by atoms with Crippen LogP contribution >= 0.6 is 0 Å². The first kappa shape index (κ1) is 32.1. The molecule has 5 rings (SSSR count). The molecule has 3 aromatic rings. The van der Waals surface area contributed by atoms with Gasteiger partial charge in [-0.2, -0.15) is 0 Å². The summed E-state index contributed by atoms with van der Waals surface area (Å²) in [5.74, 6) is -0.231. The molecule has 0 spiro atoms. The Bertz CT molecular complexity index is 1490. The quantitative estimate of drug-likeness (QED) is 0.241. The largest absolute Gasteiger partial charge is 0.497 e. The molecule has 1 aliphatic heterocycles. The third-order valence-corrected chi connectivity index (χ3v) is 9.13. The number of halogens is 1. The Morgan fingerprint density at radius 1 is 1.11 bits per heavy atom. The molecule has 240 valence electrons. The third-order valence-electron chi connectivity index (χ3n) is 9.13. The number of amides is 1. The lowest BCUT2D eigenvalue weighted by molar-refractivity contribution is -0.137. The molecule has 1 aliphatic carbocycles. The molecule has 0 bridgehead atoms. The molecule has 1 atom stereocenters. The fourth-order valence-corrected chi connectivity index (χ4v) is 5.96. The molecule has 1 N–H and O–H groups in total. The first-order valence-electron chi connectivity index (χ1n) is 15.7. The molecule has 1 aromatic carbocycles. The van der Waals surface area contributed by atoms with Crippen LogP contribution in [0.4, 0.5) is 16.0 Å². The molecular formula is C34H42FN5O5. The lowest BCUT2D eigenvalue weighted by Gasteiger charge is -2.38. The van der Waals surface area contributed by atoms with Crippen molar-refractivity contribution in [1.82, 2.24) is 15.0 Å². The summed E-state index contributed by atoms with van der Waals surface area (Å²) in [5, 5.41) is 9.36. The number of pyridine rings is 1. The number of ether oxygens (including phenoxy) is 2. The number of carbonyl (C=O) groups excluding carboxylic acids is 1. The lowest BCUT2D eigenvalue weighted by Crippen LogP contribution is -2.49. The van der Waals surface area contributed by atoms with Gasteiger partial charge in [-0.1, -0.05) is 6.92 Å². The van der Waals surface area contributed by atoms with Gasteiger partial charge in [-0.15, -0.1) is 0 Å². The predicted molar refractivity (Wildman–Crippen MR) is 169 cm³/mol. The number of anilines is 2. The Morgan fingerprint density at radius 2 is 1.82 bits per heavy atom. The summed E-state index contributed by atoms with van der Waals surface area (Å²) in [7, 11) is 1.61. The van der Waals surface area contributed by atoms with Crippen molar-refractivity contribution >= 4 is 23.5 Å². The van der Waals surface area contributed by atoms with Crippen LogP contribution in [-0.2, 0) is 4.79 Å². The van der Waals surface area contributed by atoms with Crippen molar-refractivity contribution in [3.63, 3.8) is 0 Å². The van der Waals surface area contributed by atoms with Crippen LogP contribution in [0.15, 0.2) is 48.9 Å². The summed E-state index contributed by atoms with van der Waals surface area (Å²) < 4.78 is 26.2. The average molecular weight is 620 g/mol. The second-order valence-corrected chi connectivity index (χ2v) is 12.6. The van der Waals surface area contributed by atoms with Crippen molar-refractivity contribution in [3.05, 3.63) is 65.9 Å². The second-order valence-electron chi connectivity index (χ2n) is 12.6. The van der Waals surface area contributed by atoms with Crippen molar-refractivity contribution < 1.29 is 28.6 Å². The van der Waals surface area contributed by atoms with Crippen LogP contribution in [0.3, 0.4) is 0 Å². The number of carbonyl (C=O) groups is 2. The zero-order chi connectivity index (χ0) is 32.1. The third kappa shape index (κ3) is 7.51. The number of aromatic nitrogens is 3. The van der Waals surface area contributed by atoms with Gasteiger partial charge < -0.3 is 19.5 Å². The highest BCUT2D eigenvalue weighted by molar-refractivity contribution is 6.10. The standard InChI is InChI=1S/C34H42FN5O5/c1-5-34(2,3)40(33-36-13-6-14-37-33)32(43)25-10-9-24(44-4)17-29(25)39-15-11-22(12-16-39)21-45-30-18-27(28(35)20-38-30)26(19-31(41)42)23-7-8-23/h6,9-10,13-14,17-18,20,22-23,26H,5,7-8,11-12,15-16,19,21H2,1-4H3,(H,41,42). The van der Waals surface area contributed by atoms with Crippen LogP contribution in [-0.4, -0.2) is 64.3 Å². The SMILES string of the molecule is CCC(C)(C)N(C(=O)c1ccc(OC)cc1N1CCC(COc2cc(C(CC(=O)O)C3CC3)c(F)cn2)CC1)c1ncccn1. The molecular weight excluding hydrogens is 577 g/mol. The van der Waals surface area contributed by atoms with Gasteiger partial charge in [0.05, 0.1) is 37.6 Å². The first-order valence-corrected chi connectivity index (χ1v) is 15.7. The highest BCUT2D eigenvalue weighted by atomic mass is 19.1. The molecule has 10 nitrogen and oxygen atoms in total. The number of benzene rings is 1. The molecule has 45 heavy (non-hydrogen) atoms. The van der Waals surface area contributed by atoms with Crippen LogP contribution in [0, 0.1) is 17.7 Å². The number of piperidine rings is 1. The summed E-state index contributed by atoms with van der Waals surface area (Å²) in [5.41, 5.74) is 1.19. The van der Waals surface area contributed by atoms with E-state index in [4.69, 9.17) is 9.47 Å². The van der Waals surface area contributed by atoms with Gasteiger partial charge in [0.2, 0.25) is 11.8 Å². The van der Waals surface area contributed by atoms with E-state index in [9.17, 15) is 19.1 Å². The van der Waals surface area contributed by atoms with Crippen LogP contribution in [0.1, 0.15) is 81.1 Å². The molecule has 11 heteroatoms. The predicted octanol–water partition coefficient (Wildman–Crippen LogP) is 6.12. The molecule has 3 heterocycles. The molecule has 2 fully saturated rings. The van der Waals surface area contributed by atoms with Crippen LogP contribution in [0.2, 0.25) is 0 Å². The van der Waals surface area contributed by atoms with E-state index in [-0.39, 0.29) is 30.1 Å². The number of carboxylic acids is 1. The maximum Gasteiger partial charge on any atom is 0.303 e. The molecule has 1 unspecified atom stereocenters. The fraction of sp³-hybridized carbons (Fsp3) is 0.500. The maximum absolute atomic E-state index is 14.7. The summed E-state index contributed by atoms with van der Waals surface area (Å²) in [6, 6.07) is 8.82. The lowest BCUT2D eigenvalue weighted by atomic mass is 9.91. The smallest absolute Gasteiger partial charge is 0.303 e. The minimum Gasteiger partial charge on any atom is -0.497 e. The van der Waals surface area contributed by atoms with Crippen molar-refractivity contribution in [1.29, 1.82) is 0 Å². The van der Waals surface area contributed by atoms with E-state index in [1.165, 1.54) is 0 Å². The van der Waals surface area contributed by atoms with Gasteiger partial charge >= 0.3 is 5.97 Å². The second kappa shape index (κ2) is 13.8. The van der Waals surface area contributed by atoms with Gasteiger partial charge in [-0.25, -0.2) is 19.3 Å². The zero-order valence-electron chi connectivity index (χ0n) is 26.4. The summed E-state index contributed by atoms with van der Waals surface area (Å²) in [4.78, 5) is 42.5. The van der Waals surface area contributed by atoms with E-state index in [0.29, 0.717) is 54.8 Å². The Hall–Kier alpha value is -4.28. The maximum atomic E-state index is 14.7. The number of hydrogen-bond donors (Lipinski definition) is 1. The van der Waals surface area contributed by atoms with E-state index in [1.54, 1.807) is 42.6 Å².